The molecule has 0 bridgehead atoms. The van der Waals surface area contributed by atoms with E-state index in [0.717, 1.165) is 10.5 Å². The molecule has 1 aliphatic heterocycles. The van der Waals surface area contributed by atoms with Gasteiger partial charge in [-0.15, -0.1) is 0 Å². The van der Waals surface area contributed by atoms with Crippen LogP contribution in [-0.4, -0.2) is 29.6 Å². The molecule has 3 aromatic rings. The lowest BCUT2D eigenvalue weighted by Gasteiger charge is -2.21. The number of ketones is 1. The molecule has 5 nitrogen and oxygen atoms in total. The number of carbonyl (C=O) groups excluding carboxylic acids is 2. The second-order valence-electron chi connectivity index (χ2n) is 7.79. The molecule has 32 heavy (non-hydrogen) atoms. The van der Waals surface area contributed by atoms with Gasteiger partial charge in [0.05, 0.1) is 5.56 Å². The predicted molar refractivity (Wildman–Crippen MR) is 113 cm³/mol. The smallest absolute Gasteiger partial charge is 0.422 e. The fourth-order valence-corrected chi connectivity index (χ4v) is 4.12. The largest absolute Gasteiger partial charge is 0.483 e. The van der Waals surface area contributed by atoms with Crippen molar-refractivity contribution >= 4 is 28.2 Å². The van der Waals surface area contributed by atoms with Crippen LogP contribution in [0.15, 0.2) is 48.5 Å². The molecular weight excluding hydrogens is 423 g/mol. The van der Waals surface area contributed by atoms with Gasteiger partial charge in [-0.1, -0.05) is 36.4 Å². The number of nitrogens with zero attached hydrogens (tertiary/aromatic N) is 1. The first-order valence-electron chi connectivity index (χ1n) is 9.93. The molecule has 0 fully saturated rings. The standard InChI is InChI=1S/C24H20F3NO4/c1-13(29)11-15-7-9-16(10-8-15)28-22(30)19-14(2)17-5-3-4-6-18(17)21(20(19)23(28)31)32-12-24(25,26)27/h3-10,22,30H,11-12H2,1-2H3. The van der Waals surface area contributed by atoms with Crippen LogP contribution < -0.4 is 9.64 Å². The zero-order valence-electron chi connectivity index (χ0n) is 17.4. The van der Waals surface area contributed by atoms with Gasteiger partial charge < -0.3 is 9.84 Å². The zero-order chi connectivity index (χ0) is 23.2. The van der Waals surface area contributed by atoms with Crippen LogP contribution in [0, 0.1) is 6.92 Å². The van der Waals surface area contributed by atoms with Crippen LogP contribution in [0.3, 0.4) is 0 Å². The van der Waals surface area contributed by atoms with Crippen molar-refractivity contribution in [3.05, 3.63) is 70.8 Å². The van der Waals surface area contributed by atoms with E-state index in [0.29, 0.717) is 22.0 Å². The van der Waals surface area contributed by atoms with Gasteiger partial charge >= 0.3 is 6.18 Å². The average molecular weight is 443 g/mol. The number of aryl methyl sites for hydroxylation is 1. The third-order valence-electron chi connectivity index (χ3n) is 5.46. The number of aliphatic hydroxyl groups is 1. The first-order valence-corrected chi connectivity index (χ1v) is 9.93. The molecule has 0 saturated carbocycles. The molecule has 1 aliphatic rings. The second-order valence-corrected chi connectivity index (χ2v) is 7.79. The van der Waals surface area contributed by atoms with Crippen molar-refractivity contribution < 1.29 is 32.6 Å². The van der Waals surface area contributed by atoms with Gasteiger partial charge in [-0.3, -0.25) is 14.5 Å². The maximum absolute atomic E-state index is 13.4. The first kappa shape index (κ1) is 21.8. The second kappa shape index (κ2) is 7.94. The van der Waals surface area contributed by atoms with E-state index in [-0.39, 0.29) is 29.1 Å². The minimum atomic E-state index is -4.59. The van der Waals surface area contributed by atoms with Crippen molar-refractivity contribution in [3.8, 4) is 5.75 Å². The number of halogens is 3. The van der Waals surface area contributed by atoms with Gasteiger partial charge in [-0.05, 0) is 42.5 Å². The Morgan fingerprint density at radius 3 is 2.31 bits per heavy atom. The maximum Gasteiger partial charge on any atom is 0.422 e. The molecule has 1 amide bonds. The summed E-state index contributed by atoms with van der Waals surface area (Å²) in [5.41, 5.74) is 1.84. The molecule has 0 aliphatic carbocycles. The van der Waals surface area contributed by atoms with E-state index in [1.807, 2.05) is 0 Å². The Hall–Kier alpha value is -3.39. The predicted octanol–water partition coefficient (Wildman–Crippen LogP) is 4.87. The lowest BCUT2D eigenvalue weighted by Crippen LogP contribution is -2.28. The van der Waals surface area contributed by atoms with Crippen molar-refractivity contribution in [2.45, 2.75) is 32.7 Å². The number of hydrogen-bond donors (Lipinski definition) is 1. The van der Waals surface area contributed by atoms with E-state index < -0.39 is 24.9 Å². The number of hydrogen-bond acceptors (Lipinski definition) is 4. The summed E-state index contributed by atoms with van der Waals surface area (Å²) in [4.78, 5) is 25.8. The molecule has 166 valence electrons. The van der Waals surface area contributed by atoms with E-state index in [1.165, 1.54) is 6.92 Å². The molecule has 3 aromatic carbocycles. The Bertz CT molecular complexity index is 1220. The molecule has 1 heterocycles. The highest BCUT2D eigenvalue weighted by atomic mass is 19.4. The van der Waals surface area contributed by atoms with Crippen LogP contribution in [0.2, 0.25) is 0 Å². The minimum absolute atomic E-state index is 0.0174. The van der Waals surface area contributed by atoms with Crippen LogP contribution in [0.1, 0.15) is 40.2 Å². The van der Waals surface area contributed by atoms with Crippen LogP contribution in [0.25, 0.3) is 10.8 Å². The monoisotopic (exact) mass is 443 g/mol. The van der Waals surface area contributed by atoms with Crippen LogP contribution in [-0.2, 0) is 11.2 Å². The number of rotatable bonds is 5. The normalized spacial score (nSPS) is 15.9. The third-order valence-corrected chi connectivity index (χ3v) is 5.46. The number of Topliss-reactive ketones (excluding diaryl/α,β-unsaturated/α-hetero) is 1. The highest BCUT2D eigenvalue weighted by Crippen LogP contribution is 2.46. The summed E-state index contributed by atoms with van der Waals surface area (Å²) >= 11 is 0. The maximum atomic E-state index is 13.4. The van der Waals surface area contributed by atoms with E-state index >= 15 is 0 Å². The fraction of sp³-hybridized carbons (Fsp3) is 0.250. The molecule has 0 saturated heterocycles. The number of carbonyl (C=O) groups is 2. The number of alkyl halides is 3. The number of fused-ring (bicyclic) bond motifs is 2. The highest BCUT2D eigenvalue weighted by Gasteiger charge is 2.42. The number of amides is 1. The van der Waals surface area contributed by atoms with Crippen molar-refractivity contribution in [3.63, 3.8) is 0 Å². The molecule has 0 aromatic heterocycles. The average Bonchev–Trinajstić information content (AvgIpc) is 2.98. The third kappa shape index (κ3) is 3.82. The summed E-state index contributed by atoms with van der Waals surface area (Å²) in [7, 11) is 0. The summed E-state index contributed by atoms with van der Waals surface area (Å²) in [5.74, 6) is -0.868. The summed E-state index contributed by atoms with van der Waals surface area (Å²) in [6.07, 6.45) is -5.75. The molecule has 4 rings (SSSR count). The van der Waals surface area contributed by atoms with E-state index in [1.54, 1.807) is 55.5 Å². The van der Waals surface area contributed by atoms with Crippen LogP contribution in [0.4, 0.5) is 18.9 Å². The number of aliphatic hydroxyl groups excluding tert-OH is 1. The molecule has 1 unspecified atom stereocenters. The van der Waals surface area contributed by atoms with E-state index in [4.69, 9.17) is 4.74 Å². The number of anilines is 1. The Kier molecular flexibility index (Phi) is 5.42. The molecule has 8 heteroatoms. The Morgan fingerprint density at radius 1 is 1.09 bits per heavy atom. The van der Waals surface area contributed by atoms with Crippen molar-refractivity contribution in [1.82, 2.24) is 0 Å². The molecule has 1 N–H and O–H groups in total. The molecular formula is C24H20F3NO4. The lowest BCUT2D eigenvalue weighted by molar-refractivity contribution is -0.153. The summed E-state index contributed by atoms with van der Waals surface area (Å²) in [6.45, 7) is 1.62. The molecule has 0 radical (unpaired) electrons. The van der Waals surface area contributed by atoms with E-state index in [9.17, 15) is 27.9 Å². The number of ether oxygens (including phenoxy) is 1. The molecule has 0 spiro atoms. The Morgan fingerprint density at radius 2 is 1.72 bits per heavy atom. The fourth-order valence-electron chi connectivity index (χ4n) is 4.12. The quantitative estimate of drug-likeness (QED) is 0.611. The zero-order valence-corrected chi connectivity index (χ0v) is 17.4. The van der Waals surface area contributed by atoms with Gasteiger partial charge in [-0.25, -0.2) is 0 Å². The van der Waals surface area contributed by atoms with Crippen LogP contribution in [0.5, 0.6) is 5.75 Å². The lowest BCUT2D eigenvalue weighted by atomic mass is 9.94. The molecule has 1 atom stereocenters. The van der Waals surface area contributed by atoms with Crippen LogP contribution >= 0.6 is 0 Å². The van der Waals surface area contributed by atoms with Gasteiger partial charge in [0.2, 0.25) is 0 Å². The topological polar surface area (TPSA) is 66.8 Å². The minimum Gasteiger partial charge on any atom is -0.483 e. The SMILES string of the molecule is CC(=O)Cc1ccc(N2C(=O)c3c(c(C)c4ccccc4c3OCC(F)(F)F)C2O)cc1. The number of benzene rings is 3. The van der Waals surface area contributed by atoms with Gasteiger partial charge in [0, 0.05) is 23.1 Å². The van der Waals surface area contributed by atoms with Crippen molar-refractivity contribution in [2.24, 2.45) is 0 Å². The van der Waals surface area contributed by atoms with Gasteiger partial charge in [0.25, 0.3) is 5.91 Å². The Labute approximate surface area is 182 Å². The van der Waals surface area contributed by atoms with Crippen molar-refractivity contribution in [2.75, 3.05) is 11.5 Å². The van der Waals surface area contributed by atoms with Gasteiger partial charge in [0.1, 0.15) is 11.5 Å². The Balaban J connectivity index is 1.84. The van der Waals surface area contributed by atoms with E-state index in [2.05, 4.69) is 0 Å². The highest BCUT2D eigenvalue weighted by molar-refractivity contribution is 6.16. The summed E-state index contributed by atoms with van der Waals surface area (Å²) < 4.78 is 43.9. The summed E-state index contributed by atoms with van der Waals surface area (Å²) in [6, 6.07) is 13.2. The van der Waals surface area contributed by atoms with Gasteiger partial charge in [-0.2, -0.15) is 13.2 Å². The van der Waals surface area contributed by atoms with Crippen molar-refractivity contribution in [1.29, 1.82) is 0 Å². The summed E-state index contributed by atoms with van der Waals surface area (Å²) in [5, 5.41) is 12.0. The van der Waals surface area contributed by atoms with Gasteiger partial charge in [0.15, 0.2) is 12.8 Å². The first-order chi connectivity index (χ1) is 15.1.